The molecule has 1 amide bonds. The van der Waals surface area contributed by atoms with Gasteiger partial charge in [-0.1, -0.05) is 66.0 Å². The molecule has 0 saturated carbocycles. The Morgan fingerprint density at radius 2 is 1.65 bits per heavy atom. The lowest BCUT2D eigenvalue weighted by Crippen LogP contribution is -2.48. The van der Waals surface area contributed by atoms with Gasteiger partial charge in [-0.05, 0) is 55.1 Å². The zero-order valence-corrected chi connectivity index (χ0v) is 25.3. The number of fused-ring (bicyclic) bond motifs is 1. The van der Waals surface area contributed by atoms with E-state index >= 15 is 0 Å². The Bertz CT molecular complexity index is 1230. The lowest BCUT2D eigenvalue weighted by Gasteiger charge is -2.34. The SMILES string of the molecule is CCCCCN1CCN(CCNC(=O)c2cc(Br)c3ccccc3c2OC)CC1.NCCc1ccc(O)c(O)c1. The largest absolute Gasteiger partial charge is 0.504 e. The molecule has 40 heavy (non-hydrogen) atoms. The first-order valence-corrected chi connectivity index (χ1v) is 14.9. The van der Waals surface area contributed by atoms with Gasteiger partial charge in [0, 0.05) is 49.1 Å². The molecule has 1 heterocycles. The van der Waals surface area contributed by atoms with E-state index in [1.807, 2.05) is 30.3 Å². The van der Waals surface area contributed by atoms with Gasteiger partial charge < -0.3 is 30.9 Å². The number of nitrogens with one attached hydrogen (secondary N) is 1. The molecule has 0 unspecified atom stereocenters. The van der Waals surface area contributed by atoms with Gasteiger partial charge in [0.2, 0.25) is 0 Å². The maximum absolute atomic E-state index is 12.8. The van der Waals surface area contributed by atoms with E-state index in [2.05, 4.69) is 38.0 Å². The Labute approximate surface area is 246 Å². The molecular weight excluding hydrogens is 572 g/mol. The quantitative estimate of drug-likeness (QED) is 0.182. The molecule has 4 rings (SSSR count). The first kappa shape index (κ1) is 31.7. The number of carbonyl (C=O) groups excluding carboxylic acids is 1. The Kier molecular flexibility index (Phi) is 13.0. The van der Waals surface area contributed by atoms with E-state index < -0.39 is 0 Å². The van der Waals surface area contributed by atoms with Gasteiger partial charge in [-0.3, -0.25) is 9.69 Å². The van der Waals surface area contributed by atoms with Crippen LogP contribution in [0.4, 0.5) is 0 Å². The molecule has 1 aliphatic rings. The summed E-state index contributed by atoms with van der Waals surface area (Å²) >= 11 is 3.59. The van der Waals surface area contributed by atoms with E-state index in [4.69, 9.17) is 20.7 Å². The van der Waals surface area contributed by atoms with Crippen molar-refractivity contribution in [3.8, 4) is 17.2 Å². The number of phenols is 2. The van der Waals surface area contributed by atoms with E-state index in [9.17, 15) is 4.79 Å². The highest BCUT2D eigenvalue weighted by atomic mass is 79.9. The van der Waals surface area contributed by atoms with Crippen molar-refractivity contribution in [2.24, 2.45) is 5.73 Å². The van der Waals surface area contributed by atoms with Gasteiger partial charge >= 0.3 is 0 Å². The third-order valence-corrected chi connectivity index (χ3v) is 7.78. The zero-order chi connectivity index (χ0) is 28.9. The molecule has 0 spiro atoms. The van der Waals surface area contributed by atoms with Gasteiger partial charge in [0.25, 0.3) is 5.91 Å². The molecule has 9 heteroatoms. The minimum Gasteiger partial charge on any atom is -0.504 e. The number of piperazine rings is 1. The highest BCUT2D eigenvalue weighted by Gasteiger charge is 2.19. The molecule has 1 saturated heterocycles. The lowest BCUT2D eigenvalue weighted by atomic mass is 10.0. The zero-order valence-electron chi connectivity index (χ0n) is 23.7. The molecular formula is C31H43BrN4O4. The molecule has 3 aromatic rings. The second-order valence-electron chi connectivity index (χ2n) is 9.99. The number of nitrogens with zero attached hydrogens (tertiary/aromatic N) is 2. The second-order valence-corrected chi connectivity index (χ2v) is 10.8. The summed E-state index contributed by atoms with van der Waals surface area (Å²) in [4.78, 5) is 17.8. The van der Waals surface area contributed by atoms with E-state index in [-0.39, 0.29) is 17.4 Å². The van der Waals surface area contributed by atoms with Crippen LogP contribution in [0.3, 0.4) is 0 Å². The summed E-state index contributed by atoms with van der Waals surface area (Å²) < 4.78 is 6.49. The minimum absolute atomic E-state index is 0.0871. The molecule has 0 bridgehead atoms. The number of unbranched alkanes of at least 4 members (excludes halogenated alkanes) is 2. The van der Waals surface area contributed by atoms with Crippen LogP contribution in [-0.4, -0.2) is 85.4 Å². The number of methoxy groups -OCH3 is 1. The van der Waals surface area contributed by atoms with Gasteiger partial charge in [-0.15, -0.1) is 0 Å². The number of amides is 1. The molecule has 0 aromatic heterocycles. The average molecular weight is 616 g/mol. The topological polar surface area (TPSA) is 111 Å². The molecule has 1 aliphatic heterocycles. The number of phenolic OH excluding ortho intramolecular Hbond substituents is 2. The molecule has 0 atom stereocenters. The van der Waals surface area contributed by atoms with Crippen molar-refractivity contribution in [1.29, 1.82) is 0 Å². The van der Waals surface area contributed by atoms with Crippen molar-refractivity contribution in [1.82, 2.24) is 15.1 Å². The van der Waals surface area contributed by atoms with Crippen molar-refractivity contribution in [2.75, 3.05) is 59.5 Å². The maximum Gasteiger partial charge on any atom is 0.255 e. The molecule has 8 nitrogen and oxygen atoms in total. The Morgan fingerprint density at radius 1 is 0.975 bits per heavy atom. The van der Waals surface area contributed by atoms with Crippen LogP contribution >= 0.6 is 15.9 Å². The number of ether oxygens (including phenoxy) is 1. The van der Waals surface area contributed by atoms with Crippen molar-refractivity contribution in [2.45, 2.75) is 32.6 Å². The monoisotopic (exact) mass is 614 g/mol. The molecule has 0 aliphatic carbocycles. The first-order valence-electron chi connectivity index (χ1n) is 14.1. The van der Waals surface area contributed by atoms with Gasteiger partial charge in [0.15, 0.2) is 11.5 Å². The van der Waals surface area contributed by atoms with Crippen LogP contribution in [0.2, 0.25) is 0 Å². The maximum atomic E-state index is 12.8. The summed E-state index contributed by atoms with van der Waals surface area (Å²) in [7, 11) is 1.62. The van der Waals surface area contributed by atoms with Crippen LogP contribution in [0.1, 0.15) is 42.1 Å². The number of nitrogens with two attached hydrogens (primary N) is 1. The van der Waals surface area contributed by atoms with Crippen LogP contribution in [0.15, 0.2) is 53.0 Å². The predicted octanol–water partition coefficient (Wildman–Crippen LogP) is 4.75. The molecule has 218 valence electrons. The van der Waals surface area contributed by atoms with Gasteiger partial charge in [0.05, 0.1) is 12.7 Å². The molecule has 5 N–H and O–H groups in total. The van der Waals surface area contributed by atoms with Crippen LogP contribution in [-0.2, 0) is 6.42 Å². The number of carbonyl (C=O) groups is 1. The van der Waals surface area contributed by atoms with Crippen LogP contribution < -0.4 is 15.8 Å². The standard InChI is InChI=1S/C23H32BrN3O2.C8H11NO2/c1-3-4-7-11-26-13-15-27(16-14-26)12-10-25-23(28)20-17-21(24)18-8-5-6-9-19(18)22(20)29-2;9-4-3-6-1-2-7(10)8(11)5-6/h5-6,8-9,17H,3-4,7,10-16H2,1-2H3,(H,25,28);1-2,5,10-11H,3-4,9H2. The van der Waals surface area contributed by atoms with E-state index in [1.165, 1.54) is 37.9 Å². The second kappa shape index (κ2) is 16.4. The summed E-state index contributed by atoms with van der Waals surface area (Å²) in [6.07, 6.45) is 4.61. The summed E-state index contributed by atoms with van der Waals surface area (Å²) in [5.74, 6) is 0.357. The fourth-order valence-corrected chi connectivity index (χ4v) is 5.40. The number of hydrogen-bond acceptors (Lipinski definition) is 7. The van der Waals surface area contributed by atoms with Crippen LogP contribution in [0.5, 0.6) is 17.2 Å². The summed E-state index contributed by atoms with van der Waals surface area (Å²) in [5.41, 5.74) is 6.81. The van der Waals surface area contributed by atoms with Crippen molar-refractivity contribution < 1.29 is 19.7 Å². The fourth-order valence-electron chi connectivity index (χ4n) is 4.83. The number of halogens is 1. The Morgan fingerprint density at radius 3 is 2.27 bits per heavy atom. The van der Waals surface area contributed by atoms with E-state index in [1.54, 1.807) is 13.2 Å². The number of benzene rings is 3. The third kappa shape index (κ3) is 9.09. The van der Waals surface area contributed by atoms with Gasteiger partial charge in [-0.25, -0.2) is 0 Å². The van der Waals surface area contributed by atoms with Crippen LogP contribution in [0.25, 0.3) is 10.8 Å². The number of hydrogen-bond donors (Lipinski definition) is 4. The van der Waals surface area contributed by atoms with Crippen molar-refractivity contribution in [3.05, 3.63) is 64.1 Å². The van der Waals surface area contributed by atoms with Gasteiger partial charge in [0.1, 0.15) is 5.75 Å². The smallest absolute Gasteiger partial charge is 0.255 e. The molecule has 0 radical (unpaired) electrons. The lowest BCUT2D eigenvalue weighted by molar-refractivity contribution is 0.0933. The third-order valence-electron chi connectivity index (χ3n) is 7.12. The van der Waals surface area contributed by atoms with Crippen molar-refractivity contribution in [3.63, 3.8) is 0 Å². The van der Waals surface area contributed by atoms with Gasteiger partial charge in [-0.2, -0.15) is 0 Å². The highest BCUT2D eigenvalue weighted by molar-refractivity contribution is 9.10. The average Bonchev–Trinajstić information content (AvgIpc) is 2.96. The first-order chi connectivity index (χ1) is 19.4. The minimum atomic E-state index is -0.0919. The van der Waals surface area contributed by atoms with Crippen molar-refractivity contribution >= 4 is 32.6 Å². The summed E-state index contributed by atoms with van der Waals surface area (Å²) in [6.45, 7) is 9.94. The Balaban J connectivity index is 0.000000336. The highest BCUT2D eigenvalue weighted by Crippen LogP contribution is 2.35. The van der Waals surface area contributed by atoms with Crippen LogP contribution in [0, 0.1) is 0 Å². The summed E-state index contributed by atoms with van der Waals surface area (Å²) in [6, 6.07) is 14.5. The predicted molar refractivity (Wildman–Crippen MR) is 165 cm³/mol. The normalized spacial score (nSPS) is 14.0. The molecule has 3 aromatic carbocycles. The van der Waals surface area contributed by atoms with E-state index in [0.29, 0.717) is 30.8 Å². The molecule has 1 fully saturated rings. The number of aromatic hydroxyl groups is 2. The summed E-state index contributed by atoms with van der Waals surface area (Å²) in [5, 5.41) is 23.0. The Hall–Kier alpha value is -2.85. The van der Waals surface area contributed by atoms with E-state index in [0.717, 1.165) is 53.5 Å². The fraction of sp³-hybridized carbons (Fsp3) is 0.452. The number of rotatable bonds is 11.